The zero-order chi connectivity index (χ0) is 20.1. The third kappa shape index (κ3) is 4.61. The maximum atomic E-state index is 12.5. The van der Waals surface area contributed by atoms with E-state index in [1.165, 1.54) is 30.6 Å². The van der Waals surface area contributed by atoms with Crippen molar-refractivity contribution in [3.05, 3.63) is 58.7 Å². The lowest BCUT2D eigenvalue weighted by Gasteiger charge is -2.11. The van der Waals surface area contributed by atoms with Crippen molar-refractivity contribution in [3.63, 3.8) is 0 Å². The molecule has 0 fully saturated rings. The standard InChI is InChI=1S/C19H17F2N3O3S/c1-11-16(28-18(24-11)13-5-3-4-8-22-13)17(25)23-10-12-6-7-14(27-19(20)21)15(9-12)26-2/h3-9,19H,10H2,1-2H3,(H,23,25). The minimum Gasteiger partial charge on any atom is -0.493 e. The van der Waals surface area contributed by atoms with Crippen LogP contribution < -0.4 is 14.8 Å². The molecule has 2 heterocycles. The molecule has 3 rings (SSSR count). The predicted molar refractivity (Wildman–Crippen MR) is 101 cm³/mol. The summed E-state index contributed by atoms with van der Waals surface area (Å²) >= 11 is 1.26. The maximum Gasteiger partial charge on any atom is 0.387 e. The zero-order valence-electron chi connectivity index (χ0n) is 15.1. The first kappa shape index (κ1) is 19.7. The van der Waals surface area contributed by atoms with Gasteiger partial charge in [0.1, 0.15) is 9.88 Å². The van der Waals surface area contributed by atoms with Crippen molar-refractivity contribution >= 4 is 17.2 Å². The number of carbonyl (C=O) groups excluding carboxylic acids is 1. The Morgan fingerprint density at radius 2 is 2.07 bits per heavy atom. The fraction of sp³-hybridized carbons (Fsp3) is 0.211. The molecule has 0 saturated carbocycles. The van der Waals surface area contributed by atoms with Gasteiger partial charge < -0.3 is 14.8 Å². The van der Waals surface area contributed by atoms with Gasteiger partial charge in [0, 0.05) is 12.7 Å². The molecule has 1 amide bonds. The highest BCUT2D eigenvalue weighted by Crippen LogP contribution is 2.30. The number of halogens is 2. The minimum atomic E-state index is -2.94. The molecule has 0 aliphatic rings. The quantitative estimate of drug-likeness (QED) is 0.642. The average molecular weight is 405 g/mol. The number of pyridine rings is 1. The number of rotatable bonds is 7. The van der Waals surface area contributed by atoms with E-state index in [0.717, 1.165) is 0 Å². The Balaban J connectivity index is 1.70. The third-order valence-electron chi connectivity index (χ3n) is 3.78. The molecule has 3 aromatic rings. The first-order chi connectivity index (χ1) is 13.5. The van der Waals surface area contributed by atoms with Gasteiger partial charge in [-0.25, -0.2) is 4.98 Å². The number of alkyl halides is 2. The van der Waals surface area contributed by atoms with E-state index < -0.39 is 6.61 Å². The fourth-order valence-corrected chi connectivity index (χ4v) is 3.44. The highest BCUT2D eigenvalue weighted by molar-refractivity contribution is 7.17. The number of carbonyl (C=O) groups is 1. The molecule has 9 heteroatoms. The molecule has 0 unspecified atom stereocenters. The van der Waals surface area contributed by atoms with Crippen molar-refractivity contribution < 1.29 is 23.0 Å². The molecule has 0 spiro atoms. The minimum absolute atomic E-state index is 0.0640. The number of hydrogen-bond acceptors (Lipinski definition) is 6. The van der Waals surface area contributed by atoms with Gasteiger partial charge in [-0.3, -0.25) is 9.78 Å². The van der Waals surface area contributed by atoms with E-state index in [1.54, 1.807) is 19.2 Å². The highest BCUT2D eigenvalue weighted by Gasteiger charge is 2.17. The van der Waals surface area contributed by atoms with Crippen LogP contribution in [0, 0.1) is 6.92 Å². The summed E-state index contributed by atoms with van der Waals surface area (Å²) in [5, 5.41) is 3.46. The number of aryl methyl sites for hydroxylation is 1. The summed E-state index contributed by atoms with van der Waals surface area (Å²) in [5.41, 5.74) is 1.99. The van der Waals surface area contributed by atoms with Gasteiger partial charge in [-0.2, -0.15) is 8.78 Å². The van der Waals surface area contributed by atoms with Crippen molar-refractivity contribution in [1.82, 2.24) is 15.3 Å². The van der Waals surface area contributed by atoms with Crippen LogP contribution in [0.15, 0.2) is 42.6 Å². The van der Waals surface area contributed by atoms with Crippen molar-refractivity contribution in [2.45, 2.75) is 20.1 Å². The van der Waals surface area contributed by atoms with Gasteiger partial charge in [0.2, 0.25) is 0 Å². The predicted octanol–water partition coefficient (Wildman–Crippen LogP) is 4.05. The van der Waals surface area contributed by atoms with Crippen LogP contribution >= 0.6 is 11.3 Å². The molecule has 0 saturated heterocycles. The SMILES string of the molecule is COc1cc(CNC(=O)c2sc(-c3ccccn3)nc2C)ccc1OC(F)F. The van der Waals surface area contributed by atoms with Crippen molar-refractivity contribution in [2.24, 2.45) is 0 Å². The Hall–Kier alpha value is -3.07. The monoisotopic (exact) mass is 405 g/mol. The number of ether oxygens (including phenoxy) is 2. The van der Waals surface area contributed by atoms with Crippen molar-refractivity contribution in [2.75, 3.05) is 7.11 Å². The molecule has 0 atom stereocenters. The second-order valence-corrected chi connectivity index (χ2v) is 6.69. The normalized spacial score (nSPS) is 10.8. The van der Waals surface area contributed by atoms with Gasteiger partial charge in [0.15, 0.2) is 11.5 Å². The number of thiazole rings is 1. The number of aromatic nitrogens is 2. The number of hydrogen-bond donors (Lipinski definition) is 1. The summed E-state index contributed by atoms with van der Waals surface area (Å²) in [6.07, 6.45) is 1.67. The summed E-state index contributed by atoms with van der Waals surface area (Å²) in [6.45, 7) is -0.986. The molecule has 1 N–H and O–H groups in total. The van der Waals surface area contributed by atoms with Gasteiger partial charge in [-0.05, 0) is 36.8 Å². The Kier molecular flexibility index (Phi) is 6.15. The molecule has 0 aliphatic carbocycles. The van der Waals surface area contributed by atoms with E-state index in [-0.39, 0.29) is 24.0 Å². The molecular weight excluding hydrogens is 388 g/mol. The van der Waals surface area contributed by atoms with Crippen molar-refractivity contribution in [1.29, 1.82) is 0 Å². The summed E-state index contributed by atoms with van der Waals surface area (Å²) in [4.78, 5) is 21.7. The van der Waals surface area contributed by atoms with E-state index in [0.29, 0.717) is 26.8 Å². The number of nitrogens with one attached hydrogen (secondary N) is 1. The number of methoxy groups -OCH3 is 1. The summed E-state index contributed by atoms with van der Waals surface area (Å²) in [7, 11) is 1.36. The van der Waals surface area contributed by atoms with Crippen LogP contribution in [-0.2, 0) is 6.54 Å². The largest absolute Gasteiger partial charge is 0.493 e. The lowest BCUT2D eigenvalue weighted by molar-refractivity contribution is -0.0512. The molecule has 0 aliphatic heterocycles. The topological polar surface area (TPSA) is 73.3 Å². The molecule has 2 aromatic heterocycles. The van der Waals surface area contributed by atoms with Crippen LogP contribution in [0.4, 0.5) is 8.78 Å². The fourth-order valence-electron chi connectivity index (χ4n) is 2.48. The molecule has 6 nitrogen and oxygen atoms in total. The lowest BCUT2D eigenvalue weighted by atomic mass is 10.2. The Bertz CT molecular complexity index is 964. The van der Waals surface area contributed by atoms with Crippen molar-refractivity contribution in [3.8, 4) is 22.2 Å². The second kappa shape index (κ2) is 8.75. The van der Waals surface area contributed by atoms with E-state index >= 15 is 0 Å². The van der Waals surface area contributed by atoms with Crippen LogP contribution in [0.25, 0.3) is 10.7 Å². The van der Waals surface area contributed by atoms with Crippen LogP contribution in [0.3, 0.4) is 0 Å². The summed E-state index contributed by atoms with van der Waals surface area (Å²) < 4.78 is 34.2. The van der Waals surface area contributed by atoms with E-state index in [9.17, 15) is 13.6 Å². The van der Waals surface area contributed by atoms with Gasteiger partial charge >= 0.3 is 6.61 Å². The van der Waals surface area contributed by atoms with E-state index in [4.69, 9.17) is 4.74 Å². The van der Waals surface area contributed by atoms with Gasteiger partial charge in [0.05, 0.1) is 18.5 Å². The Labute approximate surface area is 164 Å². The Morgan fingerprint density at radius 3 is 2.75 bits per heavy atom. The zero-order valence-corrected chi connectivity index (χ0v) is 15.9. The smallest absolute Gasteiger partial charge is 0.387 e. The van der Waals surface area contributed by atoms with Crippen LogP contribution in [0.2, 0.25) is 0 Å². The van der Waals surface area contributed by atoms with E-state index in [2.05, 4.69) is 20.0 Å². The summed E-state index contributed by atoms with van der Waals surface area (Å²) in [6, 6.07) is 9.99. The number of nitrogens with zero attached hydrogens (tertiary/aromatic N) is 2. The van der Waals surface area contributed by atoms with Crippen LogP contribution in [-0.4, -0.2) is 29.6 Å². The van der Waals surface area contributed by atoms with Crippen LogP contribution in [0.1, 0.15) is 20.9 Å². The van der Waals surface area contributed by atoms with Gasteiger partial charge in [0.25, 0.3) is 5.91 Å². The van der Waals surface area contributed by atoms with E-state index in [1.807, 2.05) is 18.2 Å². The second-order valence-electron chi connectivity index (χ2n) is 5.69. The Morgan fingerprint density at radius 1 is 1.25 bits per heavy atom. The lowest BCUT2D eigenvalue weighted by Crippen LogP contribution is -2.22. The van der Waals surface area contributed by atoms with Crippen LogP contribution in [0.5, 0.6) is 11.5 Å². The average Bonchev–Trinajstić information content (AvgIpc) is 3.09. The third-order valence-corrected chi connectivity index (χ3v) is 4.96. The first-order valence-electron chi connectivity index (χ1n) is 8.26. The maximum absolute atomic E-state index is 12.5. The molecule has 0 radical (unpaired) electrons. The molecular formula is C19H17F2N3O3S. The molecule has 1 aromatic carbocycles. The summed E-state index contributed by atoms with van der Waals surface area (Å²) in [5.74, 6) is -0.173. The molecule has 28 heavy (non-hydrogen) atoms. The number of amides is 1. The van der Waals surface area contributed by atoms with Gasteiger partial charge in [-0.1, -0.05) is 12.1 Å². The highest BCUT2D eigenvalue weighted by atomic mass is 32.1. The molecule has 146 valence electrons. The number of benzene rings is 1. The van der Waals surface area contributed by atoms with Gasteiger partial charge in [-0.15, -0.1) is 11.3 Å². The molecule has 0 bridgehead atoms. The first-order valence-corrected chi connectivity index (χ1v) is 9.08.